The zero-order valence-corrected chi connectivity index (χ0v) is 22.6. The maximum Gasteiger partial charge on any atom is 0.253 e. The van der Waals surface area contributed by atoms with Gasteiger partial charge >= 0.3 is 0 Å². The van der Waals surface area contributed by atoms with E-state index in [4.69, 9.17) is 4.74 Å². The van der Waals surface area contributed by atoms with Gasteiger partial charge in [-0.25, -0.2) is 4.39 Å². The molecular formula is C32H38FN3O3. The first-order valence-electron chi connectivity index (χ1n) is 13.8. The van der Waals surface area contributed by atoms with Gasteiger partial charge in [0.25, 0.3) is 5.91 Å². The lowest BCUT2D eigenvalue weighted by atomic mass is 9.89. The maximum absolute atomic E-state index is 13.3. The second-order valence-corrected chi connectivity index (χ2v) is 10.0. The SMILES string of the molecule is CCOCCCNC(=O)c1cc(NC(=O)Cc2ccc(F)cc2)ccc1N1CCC(Cc2ccccc2)CC1. The van der Waals surface area contributed by atoms with Gasteiger partial charge in [-0.05, 0) is 80.0 Å². The smallest absolute Gasteiger partial charge is 0.253 e. The Labute approximate surface area is 230 Å². The number of amides is 2. The lowest BCUT2D eigenvalue weighted by molar-refractivity contribution is -0.115. The lowest BCUT2D eigenvalue weighted by Gasteiger charge is -2.35. The highest BCUT2D eigenvalue weighted by Gasteiger charge is 2.24. The monoisotopic (exact) mass is 531 g/mol. The molecule has 1 saturated heterocycles. The molecule has 0 radical (unpaired) electrons. The number of carbonyl (C=O) groups excluding carboxylic acids is 2. The third-order valence-corrected chi connectivity index (χ3v) is 7.08. The Hall–Kier alpha value is -3.71. The average Bonchev–Trinajstić information content (AvgIpc) is 2.95. The highest BCUT2D eigenvalue weighted by atomic mass is 19.1. The molecule has 7 heteroatoms. The quantitative estimate of drug-likeness (QED) is 0.298. The number of piperidine rings is 1. The minimum absolute atomic E-state index is 0.121. The van der Waals surface area contributed by atoms with Crippen molar-refractivity contribution in [3.05, 3.63) is 95.3 Å². The molecule has 1 heterocycles. The number of nitrogens with zero attached hydrogens (tertiary/aromatic N) is 1. The molecule has 206 valence electrons. The van der Waals surface area contributed by atoms with Crippen LogP contribution in [0.15, 0.2) is 72.8 Å². The highest BCUT2D eigenvalue weighted by Crippen LogP contribution is 2.30. The van der Waals surface area contributed by atoms with Crippen LogP contribution in [0.2, 0.25) is 0 Å². The zero-order chi connectivity index (χ0) is 27.5. The summed E-state index contributed by atoms with van der Waals surface area (Å²) >= 11 is 0. The summed E-state index contributed by atoms with van der Waals surface area (Å²) in [4.78, 5) is 28.2. The van der Waals surface area contributed by atoms with Crippen LogP contribution < -0.4 is 15.5 Å². The van der Waals surface area contributed by atoms with E-state index in [1.54, 1.807) is 18.2 Å². The second kappa shape index (κ2) is 14.4. The Morgan fingerprint density at radius 3 is 2.44 bits per heavy atom. The average molecular weight is 532 g/mol. The van der Waals surface area contributed by atoms with Crippen LogP contribution in [0.25, 0.3) is 0 Å². The standard InChI is InChI=1S/C32H38FN3O3/c1-2-39-20-6-17-34-32(38)29-23-28(35-31(37)22-25-9-11-27(33)12-10-25)13-14-30(29)36-18-15-26(16-19-36)21-24-7-4-3-5-8-24/h3-5,7-14,23,26H,2,6,15-22H2,1H3,(H,34,38)(H,35,37). The van der Waals surface area contributed by atoms with E-state index in [-0.39, 0.29) is 24.1 Å². The molecule has 3 aromatic rings. The molecule has 4 rings (SSSR count). The van der Waals surface area contributed by atoms with Crippen LogP contribution in [-0.2, 0) is 22.4 Å². The normalized spacial score (nSPS) is 13.7. The summed E-state index contributed by atoms with van der Waals surface area (Å²) < 4.78 is 18.6. The predicted molar refractivity (Wildman–Crippen MR) is 154 cm³/mol. The van der Waals surface area contributed by atoms with Crippen LogP contribution in [-0.4, -0.2) is 44.7 Å². The van der Waals surface area contributed by atoms with Crippen LogP contribution in [0.1, 0.15) is 47.7 Å². The number of carbonyl (C=O) groups is 2. The van der Waals surface area contributed by atoms with Gasteiger partial charge in [0.2, 0.25) is 5.91 Å². The molecule has 0 spiro atoms. The fourth-order valence-corrected chi connectivity index (χ4v) is 5.01. The summed E-state index contributed by atoms with van der Waals surface area (Å²) in [7, 11) is 0. The van der Waals surface area contributed by atoms with Gasteiger partial charge in [0.15, 0.2) is 0 Å². The number of halogens is 1. The number of rotatable bonds is 12. The Balaban J connectivity index is 1.43. The number of nitrogens with one attached hydrogen (secondary N) is 2. The van der Waals surface area contributed by atoms with Crippen molar-refractivity contribution in [2.45, 2.75) is 39.0 Å². The van der Waals surface area contributed by atoms with Crippen molar-refractivity contribution < 1.29 is 18.7 Å². The molecule has 3 aromatic carbocycles. The molecule has 0 aromatic heterocycles. The molecular weight excluding hydrogens is 493 g/mol. The van der Waals surface area contributed by atoms with Gasteiger partial charge in [0.1, 0.15) is 5.82 Å². The van der Waals surface area contributed by atoms with Crippen LogP contribution in [0.3, 0.4) is 0 Å². The van der Waals surface area contributed by atoms with Crippen molar-refractivity contribution in [3.8, 4) is 0 Å². The van der Waals surface area contributed by atoms with Crippen LogP contribution in [0.4, 0.5) is 15.8 Å². The van der Waals surface area contributed by atoms with E-state index in [1.165, 1.54) is 17.7 Å². The summed E-state index contributed by atoms with van der Waals surface area (Å²) in [6, 6.07) is 22.0. The number of benzene rings is 3. The summed E-state index contributed by atoms with van der Waals surface area (Å²) in [6.45, 7) is 5.45. The number of anilines is 2. The summed E-state index contributed by atoms with van der Waals surface area (Å²) in [5.41, 5.74) is 4.07. The first-order chi connectivity index (χ1) is 19.0. The summed E-state index contributed by atoms with van der Waals surface area (Å²) in [5.74, 6) is -0.109. The topological polar surface area (TPSA) is 70.7 Å². The summed E-state index contributed by atoms with van der Waals surface area (Å²) in [6.07, 6.45) is 4.03. The Bertz CT molecular complexity index is 1210. The third kappa shape index (κ3) is 8.65. The van der Waals surface area contributed by atoms with Crippen molar-refractivity contribution in [1.29, 1.82) is 0 Å². The molecule has 0 unspecified atom stereocenters. The minimum atomic E-state index is -0.337. The van der Waals surface area contributed by atoms with Crippen molar-refractivity contribution in [2.75, 3.05) is 43.1 Å². The maximum atomic E-state index is 13.3. The lowest BCUT2D eigenvalue weighted by Crippen LogP contribution is -2.36. The van der Waals surface area contributed by atoms with E-state index >= 15 is 0 Å². The molecule has 1 fully saturated rings. The molecule has 2 N–H and O–H groups in total. The molecule has 39 heavy (non-hydrogen) atoms. The zero-order valence-electron chi connectivity index (χ0n) is 22.6. The van der Waals surface area contributed by atoms with E-state index < -0.39 is 0 Å². The molecule has 1 aliphatic heterocycles. The van der Waals surface area contributed by atoms with Gasteiger partial charge in [-0.1, -0.05) is 42.5 Å². The highest BCUT2D eigenvalue weighted by molar-refractivity contribution is 6.02. The van der Waals surface area contributed by atoms with Crippen LogP contribution in [0, 0.1) is 11.7 Å². The molecule has 1 aliphatic rings. The first-order valence-corrected chi connectivity index (χ1v) is 13.8. The summed E-state index contributed by atoms with van der Waals surface area (Å²) in [5, 5.41) is 5.91. The number of hydrogen-bond donors (Lipinski definition) is 2. The van der Waals surface area contributed by atoms with Gasteiger partial charge in [-0.15, -0.1) is 0 Å². The van der Waals surface area contributed by atoms with Crippen LogP contribution >= 0.6 is 0 Å². The largest absolute Gasteiger partial charge is 0.382 e. The molecule has 6 nitrogen and oxygen atoms in total. The van der Waals surface area contributed by atoms with Gasteiger partial charge in [0, 0.05) is 44.2 Å². The Kier molecular flexibility index (Phi) is 10.5. The first kappa shape index (κ1) is 28.3. The van der Waals surface area contributed by atoms with Crippen molar-refractivity contribution in [3.63, 3.8) is 0 Å². The third-order valence-electron chi connectivity index (χ3n) is 7.08. The van der Waals surface area contributed by atoms with E-state index in [9.17, 15) is 14.0 Å². The molecule has 0 bridgehead atoms. The van der Waals surface area contributed by atoms with Gasteiger partial charge in [-0.2, -0.15) is 0 Å². The van der Waals surface area contributed by atoms with Crippen molar-refractivity contribution >= 4 is 23.2 Å². The fourth-order valence-electron chi connectivity index (χ4n) is 5.01. The van der Waals surface area contributed by atoms with E-state index in [1.807, 2.05) is 25.1 Å². The van der Waals surface area contributed by atoms with Gasteiger partial charge in [0.05, 0.1) is 12.0 Å². The Morgan fingerprint density at radius 1 is 0.974 bits per heavy atom. The van der Waals surface area contributed by atoms with Gasteiger partial charge < -0.3 is 20.3 Å². The fraction of sp³-hybridized carbons (Fsp3) is 0.375. The molecule has 0 saturated carbocycles. The Morgan fingerprint density at radius 2 is 1.72 bits per heavy atom. The second-order valence-electron chi connectivity index (χ2n) is 10.0. The van der Waals surface area contributed by atoms with E-state index in [0.717, 1.165) is 50.0 Å². The number of hydrogen-bond acceptors (Lipinski definition) is 4. The minimum Gasteiger partial charge on any atom is -0.382 e. The van der Waals surface area contributed by atoms with Crippen LogP contribution in [0.5, 0.6) is 0 Å². The van der Waals surface area contributed by atoms with Crippen molar-refractivity contribution in [2.24, 2.45) is 5.92 Å². The predicted octanol–water partition coefficient (Wildman–Crippen LogP) is 5.62. The van der Waals surface area contributed by atoms with Crippen molar-refractivity contribution in [1.82, 2.24) is 5.32 Å². The molecule has 2 amide bonds. The number of ether oxygens (including phenoxy) is 1. The molecule has 0 aliphatic carbocycles. The van der Waals surface area contributed by atoms with E-state index in [0.29, 0.717) is 36.9 Å². The van der Waals surface area contributed by atoms with E-state index in [2.05, 4.69) is 39.8 Å². The van der Waals surface area contributed by atoms with Gasteiger partial charge in [-0.3, -0.25) is 9.59 Å². The molecule has 0 atom stereocenters.